The van der Waals surface area contributed by atoms with Crippen LogP contribution < -0.4 is 0 Å². The number of carboxylic acids is 1. The fourth-order valence-corrected chi connectivity index (χ4v) is 2.66. The molecule has 1 heterocycles. The van der Waals surface area contributed by atoms with Crippen LogP contribution in [0.3, 0.4) is 0 Å². The van der Waals surface area contributed by atoms with E-state index in [1.807, 2.05) is 18.2 Å². The summed E-state index contributed by atoms with van der Waals surface area (Å²) in [5, 5.41) is 9.08. The third-order valence-corrected chi connectivity index (χ3v) is 3.66. The highest BCUT2D eigenvalue weighted by Crippen LogP contribution is 2.23. The smallest absolute Gasteiger partial charge is 0.352 e. The van der Waals surface area contributed by atoms with Gasteiger partial charge in [0.1, 0.15) is 5.69 Å². The van der Waals surface area contributed by atoms with E-state index in [9.17, 15) is 4.79 Å². The zero-order valence-corrected chi connectivity index (χ0v) is 11.0. The fourth-order valence-electron chi connectivity index (χ4n) is 1.86. The SMILES string of the molecule is CCSc1ccccc1Cn1cccc1C(=O)O. The van der Waals surface area contributed by atoms with Crippen LogP contribution in [0.25, 0.3) is 0 Å². The summed E-state index contributed by atoms with van der Waals surface area (Å²) in [5.41, 5.74) is 1.48. The molecule has 1 aromatic carbocycles. The standard InChI is InChI=1S/C14H15NO2S/c1-2-18-13-8-4-3-6-11(13)10-15-9-5-7-12(15)14(16)17/h3-9H,2,10H2,1H3,(H,16,17). The third-order valence-electron chi connectivity index (χ3n) is 2.66. The minimum Gasteiger partial charge on any atom is -0.477 e. The van der Waals surface area contributed by atoms with Gasteiger partial charge in [-0.2, -0.15) is 0 Å². The number of hydrogen-bond donors (Lipinski definition) is 1. The van der Waals surface area contributed by atoms with Crippen molar-refractivity contribution in [2.75, 3.05) is 5.75 Å². The molecule has 0 saturated heterocycles. The second kappa shape index (κ2) is 5.78. The second-order valence-electron chi connectivity index (χ2n) is 3.87. The number of carbonyl (C=O) groups is 1. The fraction of sp³-hybridized carbons (Fsp3) is 0.214. The van der Waals surface area contributed by atoms with E-state index in [-0.39, 0.29) is 0 Å². The van der Waals surface area contributed by atoms with Crippen molar-refractivity contribution >= 4 is 17.7 Å². The maximum absolute atomic E-state index is 11.1. The van der Waals surface area contributed by atoms with Crippen LogP contribution in [0, 0.1) is 0 Å². The Labute approximate surface area is 110 Å². The number of rotatable bonds is 5. The molecule has 0 bridgehead atoms. The molecule has 0 atom stereocenters. The molecule has 2 aromatic rings. The van der Waals surface area contributed by atoms with Crippen LogP contribution in [-0.2, 0) is 6.54 Å². The van der Waals surface area contributed by atoms with E-state index in [0.717, 1.165) is 11.3 Å². The Morgan fingerprint density at radius 2 is 2.06 bits per heavy atom. The number of hydrogen-bond acceptors (Lipinski definition) is 2. The molecule has 0 aliphatic heterocycles. The molecule has 0 radical (unpaired) electrons. The monoisotopic (exact) mass is 261 g/mol. The van der Waals surface area contributed by atoms with E-state index < -0.39 is 5.97 Å². The Balaban J connectivity index is 2.28. The van der Waals surface area contributed by atoms with E-state index in [0.29, 0.717) is 12.2 Å². The maximum atomic E-state index is 11.1. The molecule has 0 aliphatic rings. The number of nitrogens with zero attached hydrogens (tertiary/aromatic N) is 1. The van der Waals surface area contributed by atoms with E-state index >= 15 is 0 Å². The number of benzene rings is 1. The zero-order chi connectivity index (χ0) is 13.0. The van der Waals surface area contributed by atoms with Crippen molar-refractivity contribution in [2.24, 2.45) is 0 Å². The highest BCUT2D eigenvalue weighted by atomic mass is 32.2. The van der Waals surface area contributed by atoms with Crippen molar-refractivity contribution in [1.82, 2.24) is 4.57 Å². The minimum absolute atomic E-state index is 0.325. The molecule has 0 saturated carbocycles. The Hall–Kier alpha value is -1.68. The van der Waals surface area contributed by atoms with Crippen LogP contribution in [0.15, 0.2) is 47.5 Å². The average molecular weight is 261 g/mol. The molecule has 0 unspecified atom stereocenters. The first-order chi connectivity index (χ1) is 8.72. The molecule has 0 spiro atoms. The summed E-state index contributed by atoms with van der Waals surface area (Å²) in [6.07, 6.45) is 1.80. The zero-order valence-electron chi connectivity index (χ0n) is 10.2. The molecule has 0 fully saturated rings. The second-order valence-corrected chi connectivity index (χ2v) is 5.17. The molecule has 0 amide bonds. The Morgan fingerprint density at radius 1 is 1.28 bits per heavy atom. The summed E-state index contributed by atoms with van der Waals surface area (Å²) in [6, 6.07) is 11.5. The van der Waals surface area contributed by atoms with Gasteiger partial charge in [-0.1, -0.05) is 25.1 Å². The molecule has 18 heavy (non-hydrogen) atoms. The van der Waals surface area contributed by atoms with Crippen LogP contribution in [-0.4, -0.2) is 21.4 Å². The first-order valence-electron chi connectivity index (χ1n) is 5.81. The van der Waals surface area contributed by atoms with Crippen LogP contribution >= 0.6 is 11.8 Å². The Morgan fingerprint density at radius 3 is 2.78 bits per heavy atom. The topological polar surface area (TPSA) is 42.2 Å². The number of aromatic nitrogens is 1. The summed E-state index contributed by atoms with van der Waals surface area (Å²) in [7, 11) is 0. The van der Waals surface area contributed by atoms with E-state index in [4.69, 9.17) is 5.11 Å². The van der Waals surface area contributed by atoms with Crippen molar-refractivity contribution < 1.29 is 9.90 Å². The quantitative estimate of drug-likeness (QED) is 0.839. The molecule has 94 valence electrons. The van der Waals surface area contributed by atoms with Gasteiger partial charge in [-0.05, 0) is 29.5 Å². The molecule has 0 aliphatic carbocycles. The van der Waals surface area contributed by atoms with Gasteiger partial charge in [0.2, 0.25) is 0 Å². The number of carboxylic acid groups (broad SMARTS) is 1. The normalized spacial score (nSPS) is 10.5. The van der Waals surface area contributed by atoms with Gasteiger partial charge in [0.15, 0.2) is 0 Å². The van der Waals surface area contributed by atoms with Gasteiger partial charge in [-0.25, -0.2) is 4.79 Å². The summed E-state index contributed by atoms with van der Waals surface area (Å²) in [4.78, 5) is 12.3. The average Bonchev–Trinajstić information content (AvgIpc) is 2.80. The van der Waals surface area contributed by atoms with Crippen molar-refractivity contribution in [3.63, 3.8) is 0 Å². The maximum Gasteiger partial charge on any atom is 0.352 e. The van der Waals surface area contributed by atoms with E-state index in [1.165, 1.54) is 4.90 Å². The van der Waals surface area contributed by atoms with Gasteiger partial charge < -0.3 is 9.67 Å². The van der Waals surface area contributed by atoms with Crippen molar-refractivity contribution in [3.8, 4) is 0 Å². The highest BCUT2D eigenvalue weighted by molar-refractivity contribution is 7.99. The number of thioether (sulfide) groups is 1. The highest BCUT2D eigenvalue weighted by Gasteiger charge is 2.10. The number of aromatic carboxylic acids is 1. The molecule has 4 heteroatoms. The third kappa shape index (κ3) is 2.76. The lowest BCUT2D eigenvalue weighted by molar-refractivity contribution is 0.0685. The van der Waals surface area contributed by atoms with Crippen molar-refractivity contribution in [3.05, 3.63) is 53.9 Å². The van der Waals surface area contributed by atoms with Crippen molar-refractivity contribution in [1.29, 1.82) is 0 Å². The molecule has 2 rings (SSSR count). The first-order valence-corrected chi connectivity index (χ1v) is 6.80. The predicted octanol–water partition coefficient (Wildman–Crippen LogP) is 3.35. The Bertz CT molecular complexity index is 548. The van der Waals surface area contributed by atoms with Gasteiger partial charge in [-0.3, -0.25) is 0 Å². The van der Waals surface area contributed by atoms with Crippen LogP contribution in [0.2, 0.25) is 0 Å². The van der Waals surface area contributed by atoms with Crippen LogP contribution in [0.1, 0.15) is 23.0 Å². The molecule has 1 aromatic heterocycles. The largest absolute Gasteiger partial charge is 0.477 e. The molecular formula is C14H15NO2S. The predicted molar refractivity (Wildman–Crippen MR) is 73.3 cm³/mol. The Kier molecular flexibility index (Phi) is 4.10. The minimum atomic E-state index is -0.888. The van der Waals surface area contributed by atoms with Crippen LogP contribution in [0.5, 0.6) is 0 Å². The lowest BCUT2D eigenvalue weighted by atomic mass is 10.2. The molecule has 3 nitrogen and oxygen atoms in total. The van der Waals surface area contributed by atoms with E-state index in [1.54, 1.807) is 34.7 Å². The van der Waals surface area contributed by atoms with Gasteiger partial charge >= 0.3 is 5.97 Å². The van der Waals surface area contributed by atoms with Gasteiger partial charge in [0.05, 0.1) is 0 Å². The van der Waals surface area contributed by atoms with Gasteiger partial charge in [-0.15, -0.1) is 11.8 Å². The van der Waals surface area contributed by atoms with Crippen LogP contribution in [0.4, 0.5) is 0 Å². The van der Waals surface area contributed by atoms with Crippen molar-refractivity contribution in [2.45, 2.75) is 18.4 Å². The lowest BCUT2D eigenvalue weighted by Crippen LogP contribution is -2.09. The first kappa shape index (κ1) is 12.8. The summed E-state index contributed by atoms with van der Waals surface area (Å²) in [5.74, 6) is 0.120. The van der Waals surface area contributed by atoms with Gasteiger partial charge in [0.25, 0.3) is 0 Å². The molecular weight excluding hydrogens is 246 g/mol. The van der Waals surface area contributed by atoms with Gasteiger partial charge in [0, 0.05) is 17.6 Å². The lowest BCUT2D eigenvalue weighted by Gasteiger charge is -2.10. The summed E-state index contributed by atoms with van der Waals surface area (Å²) >= 11 is 1.78. The summed E-state index contributed by atoms with van der Waals surface area (Å²) < 4.78 is 1.76. The van der Waals surface area contributed by atoms with E-state index in [2.05, 4.69) is 13.0 Å². The molecule has 1 N–H and O–H groups in total. The summed E-state index contributed by atoms with van der Waals surface area (Å²) in [6.45, 7) is 2.71.